The second-order valence-electron chi connectivity index (χ2n) is 5.43. The molecule has 0 spiro atoms. The van der Waals surface area contributed by atoms with Gasteiger partial charge in [0.15, 0.2) is 0 Å². The Hall–Kier alpha value is -0.130. The maximum atomic E-state index is 11.2. The minimum Gasteiger partial charge on any atom is -0.326 e. The molecule has 3 atom stereocenters. The maximum absolute atomic E-state index is 11.2. The van der Waals surface area contributed by atoms with Crippen molar-refractivity contribution in [2.45, 2.75) is 44.7 Å². The number of hydrogen-bond donors (Lipinski definition) is 1. The number of hydrogen-bond acceptors (Lipinski definition) is 4. The maximum Gasteiger partial charge on any atom is 0.148 e. The summed E-state index contributed by atoms with van der Waals surface area (Å²) < 4.78 is 22.3. The third-order valence-electron chi connectivity index (χ3n) is 3.94. The lowest BCUT2D eigenvalue weighted by atomic mass is 9.81. The number of likely N-dealkylation sites (N-methyl/N-ethyl adjacent to an activating group) is 1. The Bertz CT molecular complexity index is 329. The van der Waals surface area contributed by atoms with Gasteiger partial charge in [-0.1, -0.05) is 13.3 Å². The summed E-state index contributed by atoms with van der Waals surface area (Å²) in [5.74, 6) is 0.976. The smallest absolute Gasteiger partial charge is 0.148 e. The van der Waals surface area contributed by atoms with Crippen molar-refractivity contribution in [3.05, 3.63) is 0 Å². The van der Waals surface area contributed by atoms with E-state index in [1.54, 1.807) is 0 Å². The fraction of sp³-hybridized carbons (Fsp3) is 1.00. The number of sulfone groups is 1. The van der Waals surface area contributed by atoms with Crippen LogP contribution >= 0.6 is 0 Å². The van der Waals surface area contributed by atoms with Crippen molar-refractivity contribution < 1.29 is 8.42 Å². The summed E-state index contributed by atoms with van der Waals surface area (Å²) in [5.41, 5.74) is 6.15. The molecule has 0 aromatic carbocycles. The molecule has 1 aliphatic rings. The Morgan fingerprint density at radius 2 is 2.00 bits per heavy atom. The fourth-order valence-corrected chi connectivity index (χ4v) is 3.23. The molecule has 3 unspecified atom stereocenters. The Balaban J connectivity index is 2.51. The second-order valence-corrected chi connectivity index (χ2v) is 7.69. The fourth-order valence-electron chi connectivity index (χ4n) is 2.61. The average molecular weight is 262 g/mol. The van der Waals surface area contributed by atoms with Gasteiger partial charge in [0, 0.05) is 24.9 Å². The topological polar surface area (TPSA) is 63.4 Å². The van der Waals surface area contributed by atoms with Crippen molar-refractivity contribution >= 4 is 9.84 Å². The van der Waals surface area contributed by atoms with Crippen molar-refractivity contribution in [1.82, 2.24) is 4.90 Å². The van der Waals surface area contributed by atoms with E-state index in [0.717, 1.165) is 18.8 Å². The first-order chi connectivity index (χ1) is 7.83. The van der Waals surface area contributed by atoms with Crippen molar-refractivity contribution in [2.75, 3.05) is 25.6 Å². The minimum atomic E-state index is -2.88. The molecule has 0 aromatic heterocycles. The SMILES string of the molecule is CCC1CCC(N)C(N(C)CCS(C)(=O)=O)C1. The van der Waals surface area contributed by atoms with Gasteiger partial charge in [-0.15, -0.1) is 0 Å². The first-order valence-electron chi connectivity index (χ1n) is 6.47. The predicted octanol–water partition coefficient (Wildman–Crippen LogP) is 0.869. The normalized spacial score (nSPS) is 30.8. The van der Waals surface area contributed by atoms with Gasteiger partial charge in [0.1, 0.15) is 9.84 Å². The summed E-state index contributed by atoms with van der Waals surface area (Å²) in [6, 6.07) is 0.540. The zero-order chi connectivity index (χ0) is 13.1. The summed E-state index contributed by atoms with van der Waals surface area (Å²) in [6.45, 7) is 2.81. The van der Waals surface area contributed by atoms with Gasteiger partial charge in [0.2, 0.25) is 0 Å². The van der Waals surface area contributed by atoms with Gasteiger partial charge in [-0.2, -0.15) is 0 Å². The predicted molar refractivity (Wildman–Crippen MR) is 71.7 cm³/mol. The highest BCUT2D eigenvalue weighted by Gasteiger charge is 2.30. The lowest BCUT2D eigenvalue weighted by molar-refractivity contribution is 0.141. The van der Waals surface area contributed by atoms with Crippen molar-refractivity contribution in [3.8, 4) is 0 Å². The van der Waals surface area contributed by atoms with Crippen molar-refractivity contribution in [2.24, 2.45) is 11.7 Å². The molecule has 2 N–H and O–H groups in total. The van der Waals surface area contributed by atoms with E-state index >= 15 is 0 Å². The van der Waals surface area contributed by atoms with Crippen LogP contribution in [0.5, 0.6) is 0 Å². The molecule has 4 nitrogen and oxygen atoms in total. The van der Waals surface area contributed by atoms with Gasteiger partial charge < -0.3 is 10.6 Å². The van der Waals surface area contributed by atoms with Gasteiger partial charge in [0.25, 0.3) is 0 Å². The molecule has 1 aliphatic carbocycles. The monoisotopic (exact) mass is 262 g/mol. The zero-order valence-corrected chi connectivity index (χ0v) is 12.0. The third kappa shape index (κ3) is 4.94. The molecular formula is C12H26N2O2S. The molecule has 0 aliphatic heterocycles. The Morgan fingerprint density at radius 3 is 2.53 bits per heavy atom. The molecule has 0 radical (unpaired) electrons. The van der Waals surface area contributed by atoms with Crippen molar-refractivity contribution in [3.63, 3.8) is 0 Å². The van der Waals surface area contributed by atoms with E-state index in [1.807, 2.05) is 7.05 Å². The van der Waals surface area contributed by atoms with Crippen LogP contribution < -0.4 is 5.73 Å². The molecule has 102 valence electrons. The summed E-state index contributed by atoms with van der Waals surface area (Å²) in [7, 11) is -0.883. The van der Waals surface area contributed by atoms with Crippen LogP contribution in [-0.4, -0.2) is 51.0 Å². The highest BCUT2D eigenvalue weighted by atomic mass is 32.2. The molecule has 0 heterocycles. The molecule has 0 amide bonds. The van der Waals surface area contributed by atoms with E-state index in [2.05, 4.69) is 11.8 Å². The van der Waals surface area contributed by atoms with E-state index in [1.165, 1.54) is 19.1 Å². The van der Waals surface area contributed by atoms with Crippen LogP contribution in [0.1, 0.15) is 32.6 Å². The molecule has 1 saturated carbocycles. The Labute approximate surface area is 105 Å². The van der Waals surface area contributed by atoms with Crippen LogP contribution in [0.2, 0.25) is 0 Å². The minimum absolute atomic E-state index is 0.197. The van der Waals surface area contributed by atoms with E-state index in [0.29, 0.717) is 12.6 Å². The van der Waals surface area contributed by atoms with Gasteiger partial charge in [-0.25, -0.2) is 8.42 Å². The average Bonchev–Trinajstić information content (AvgIpc) is 2.25. The van der Waals surface area contributed by atoms with Crippen molar-refractivity contribution in [1.29, 1.82) is 0 Å². The first-order valence-corrected chi connectivity index (χ1v) is 8.53. The van der Waals surface area contributed by atoms with Crippen LogP contribution in [0.4, 0.5) is 0 Å². The van der Waals surface area contributed by atoms with Gasteiger partial charge in [0.05, 0.1) is 5.75 Å². The zero-order valence-electron chi connectivity index (χ0n) is 11.2. The Kier molecular flexibility index (Phi) is 5.41. The van der Waals surface area contributed by atoms with Crippen LogP contribution in [0.25, 0.3) is 0 Å². The Morgan fingerprint density at radius 1 is 1.35 bits per heavy atom. The lowest BCUT2D eigenvalue weighted by Crippen LogP contribution is -2.50. The van der Waals surface area contributed by atoms with Crippen LogP contribution in [0.3, 0.4) is 0 Å². The summed E-state index contributed by atoms with van der Waals surface area (Å²) in [6.07, 6.45) is 5.87. The largest absolute Gasteiger partial charge is 0.326 e. The molecule has 17 heavy (non-hydrogen) atoms. The highest BCUT2D eigenvalue weighted by Crippen LogP contribution is 2.28. The molecule has 0 saturated heterocycles. The highest BCUT2D eigenvalue weighted by molar-refractivity contribution is 7.90. The molecule has 1 fully saturated rings. The lowest BCUT2D eigenvalue weighted by Gasteiger charge is -2.39. The standard InChI is InChI=1S/C12H26N2O2S/c1-4-10-5-6-11(13)12(9-10)14(2)7-8-17(3,15)16/h10-12H,4-9,13H2,1-3H3. The quantitative estimate of drug-likeness (QED) is 0.798. The van der Waals surface area contributed by atoms with Crippen LogP contribution in [0, 0.1) is 5.92 Å². The number of rotatable bonds is 5. The molecule has 1 rings (SSSR count). The van der Waals surface area contributed by atoms with Gasteiger partial charge >= 0.3 is 0 Å². The van der Waals surface area contributed by atoms with E-state index in [-0.39, 0.29) is 11.8 Å². The summed E-state index contributed by atoms with van der Waals surface area (Å²) in [5, 5.41) is 0. The summed E-state index contributed by atoms with van der Waals surface area (Å²) >= 11 is 0. The van der Waals surface area contributed by atoms with Gasteiger partial charge in [-0.05, 0) is 32.2 Å². The van der Waals surface area contributed by atoms with Crippen LogP contribution in [0.15, 0.2) is 0 Å². The third-order valence-corrected chi connectivity index (χ3v) is 4.86. The first kappa shape index (κ1) is 14.9. The molecular weight excluding hydrogens is 236 g/mol. The van der Waals surface area contributed by atoms with Crippen LogP contribution in [-0.2, 0) is 9.84 Å². The molecule has 5 heteroatoms. The molecule has 0 bridgehead atoms. The molecule has 0 aromatic rings. The second kappa shape index (κ2) is 6.16. The van der Waals surface area contributed by atoms with Gasteiger partial charge in [-0.3, -0.25) is 0 Å². The van der Waals surface area contributed by atoms with E-state index in [9.17, 15) is 8.42 Å². The summed E-state index contributed by atoms with van der Waals surface area (Å²) in [4.78, 5) is 2.13. The number of nitrogens with zero attached hydrogens (tertiary/aromatic N) is 1. The van der Waals surface area contributed by atoms with E-state index < -0.39 is 9.84 Å². The van der Waals surface area contributed by atoms with E-state index in [4.69, 9.17) is 5.73 Å². The number of nitrogens with two attached hydrogens (primary N) is 1.